The third-order valence-electron chi connectivity index (χ3n) is 3.26. The maximum absolute atomic E-state index is 12.1. The summed E-state index contributed by atoms with van der Waals surface area (Å²) in [5.41, 5.74) is 1.87. The Bertz CT molecular complexity index is 546. The highest BCUT2D eigenvalue weighted by Gasteiger charge is 2.16. The van der Waals surface area contributed by atoms with E-state index in [4.69, 9.17) is 0 Å². The first kappa shape index (κ1) is 14.8. The molecule has 0 saturated carbocycles. The summed E-state index contributed by atoms with van der Waals surface area (Å²) in [6, 6.07) is 12.0. The lowest BCUT2D eigenvalue weighted by molar-refractivity contribution is 0.0942. The van der Waals surface area contributed by atoms with Crippen molar-refractivity contribution in [1.29, 1.82) is 0 Å². The molecule has 0 aliphatic rings. The molecule has 0 bridgehead atoms. The SMILES string of the molecule is Cc1ccc(C(=O)NCC(c2cccs2)N(C)C)cc1. The first-order chi connectivity index (χ1) is 9.58. The third kappa shape index (κ3) is 3.68. The van der Waals surface area contributed by atoms with Crippen molar-refractivity contribution in [2.45, 2.75) is 13.0 Å². The van der Waals surface area contributed by atoms with Crippen LogP contribution in [0.1, 0.15) is 26.8 Å². The van der Waals surface area contributed by atoms with Crippen molar-refractivity contribution in [3.05, 3.63) is 57.8 Å². The molecule has 1 atom stereocenters. The second-order valence-corrected chi connectivity index (χ2v) is 6.05. The van der Waals surface area contributed by atoms with Crippen LogP contribution in [0.4, 0.5) is 0 Å². The van der Waals surface area contributed by atoms with Crippen LogP contribution < -0.4 is 5.32 Å². The van der Waals surface area contributed by atoms with Crippen molar-refractivity contribution < 1.29 is 4.79 Å². The smallest absolute Gasteiger partial charge is 0.251 e. The van der Waals surface area contributed by atoms with Crippen LogP contribution in [0.5, 0.6) is 0 Å². The number of benzene rings is 1. The Labute approximate surface area is 124 Å². The molecule has 1 aromatic carbocycles. The molecule has 0 spiro atoms. The maximum atomic E-state index is 12.1. The van der Waals surface area contributed by atoms with Crippen LogP contribution in [0.3, 0.4) is 0 Å². The number of likely N-dealkylation sites (N-methyl/N-ethyl adjacent to an activating group) is 1. The summed E-state index contributed by atoms with van der Waals surface area (Å²) < 4.78 is 0. The largest absolute Gasteiger partial charge is 0.350 e. The van der Waals surface area contributed by atoms with E-state index in [1.165, 1.54) is 4.88 Å². The molecule has 0 saturated heterocycles. The monoisotopic (exact) mass is 288 g/mol. The number of rotatable bonds is 5. The summed E-state index contributed by atoms with van der Waals surface area (Å²) in [5.74, 6) is -0.0200. The van der Waals surface area contributed by atoms with Gasteiger partial charge >= 0.3 is 0 Å². The van der Waals surface area contributed by atoms with E-state index in [2.05, 4.69) is 21.7 Å². The number of carbonyl (C=O) groups is 1. The summed E-state index contributed by atoms with van der Waals surface area (Å²) in [5, 5.41) is 5.08. The van der Waals surface area contributed by atoms with Crippen molar-refractivity contribution in [1.82, 2.24) is 10.2 Å². The topological polar surface area (TPSA) is 32.3 Å². The molecule has 2 aromatic rings. The number of hydrogen-bond donors (Lipinski definition) is 1. The molecule has 0 aliphatic heterocycles. The molecule has 1 heterocycles. The Morgan fingerprint density at radius 2 is 1.95 bits per heavy atom. The Morgan fingerprint density at radius 3 is 2.50 bits per heavy atom. The summed E-state index contributed by atoms with van der Waals surface area (Å²) in [7, 11) is 4.06. The van der Waals surface area contributed by atoms with Crippen LogP contribution in [0.25, 0.3) is 0 Å². The molecule has 106 valence electrons. The molecule has 1 amide bonds. The maximum Gasteiger partial charge on any atom is 0.251 e. The van der Waals surface area contributed by atoms with Crippen LogP contribution in [-0.2, 0) is 0 Å². The number of carbonyl (C=O) groups excluding carboxylic acids is 1. The van der Waals surface area contributed by atoms with Gasteiger partial charge in [-0.15, -0.1) is 11.3 Å². The molecular weight excluding hydrogens is 268 g/mol. The summed E-state index contributed by atoms with van der Waals surface area (Å²) in [6.45, 7) is 2.63. The standard InChI is InChI=1S/C16H20N2OS/c1-12-6-8-13(9-7-12)16(19)17-11-14(18(2)3)15-5-4-10-20-15/h4-10,14H,11H2,1-3H3,(H,17,19). The molecule has 1 unspecified atom stereocenters. The Morgan fingerprint density at radius 1 is 1.25 bits per heavy atom. The van der Waals surface area contributed by atoms with Gasteiger partial charge in [-0.1, -0.05) is 23.8 Å². The second-order valence-electron chi connectivity index (χ2n) is 5.07. The first-order valence-corrected chi connectivity index (χ1v) is 7.50. The van der Waals surface area contributed by atoms with E-state index >= 15 is 0 Å². The van der Waals surface area contributed by atoms with E-state index in [9.17, 15) is 4.79 Å². The number of amides is 1. The van der Waals surface area contributed by atoms with Gasteiger partial charge in [-0.05, 0) is 44.6 Å². The number of hydrogen-bond acceptors (Lipinski definition) is 3. The minimum absolute atomic E-state index is 0.0200. The van der Waals surface area contributed by atoms with Gasteiger partial charge < -0.3 is 10.2 Å². The van der Waals surface area contributed by atoms with Gasteiger partial charge in [-0.25, -0.2) is 0 Å². The lowest BCUT2D eigenvalue weighted by atomic mass is 10.1. The molecule has 3 nitrogen and oxygen atoms in total. The Kier molecular flexibility index (Phi) is 4.93. The van der Waals surface area contributed by atoms with Gasteiger partial charge in [0.05, 0.1) is 6.04 Å². The number of nitrogens with one attached hydrogen (secondary N) is 1. The minimum atomic E-state index is -0.0200. The predicted molar refractivity (Wildman–Crippen MR) is 84.3 cm³/mol. The van der Waals surface area contributed by atoms with Crippen molar-refractivity contribution in [3.63, 3.8) is 0 Å². The lowest BCUT2D eigenvalue weighted by Gasteiger charge is -2.23. The molecule has 1 aromatic heterocycles. The molecule has 20 heavy (non-hydrogen) atoms. The van der Waals surface area contributed by atoms with Crippen LogP contribution in [0.15, 0.2) is 41.8 Å². The van der Waals surface area contributed by atoms with Crippen LogP contribution in [0.2, 0.25) is 0 Å². The van der Waals surface area contributed by atoms with Gasteiger partial charge in [0.2, 0.25) is 0 Å². The van der Waals surface area contributed by atoms with Crippen molar-refractivity contribution in [3.8, 4) is 0 Å². The molecule has 0 fully saturated rings. The number of thiophene rings is 1. The molecule has 0 radical (unpaired) electrons. The fourth-order valence-electron chi connectivity index (χ4n) is 2.01. The van der Waals surface area contributed by atoms with Gasteiger partial charge in [0, 0.05) is 17.0 Å². The van der Waals surface area contributed by atoms with E-state index < -0.39 is 0 Å². The zero-order chi connectivity index (χ0) is 14.5. The molecule has 4 heteroatoms. The quantitative estimate of drug-likeness (QED) is 0.917. The minimum Gasteiger partial charge on any atom is -0.350 e. The van der Waals surface area contributed by atoms with Crippen molar-refractivity contribution in [2.24, 2.45) is 0 Å². The van der Waals surface area contributed by atoms with E-state index in [1.54, 1.807) is 11.3 Å². The van der Waals surface area contributed by atoms with Gasteiger partial charge in [0.15, 0.2) is 0 Å². The Hall–Kier alpha value is -1.65. The molecule has 0 aliphatic carbocycles. The summed E-state index contributed by atoms with van der Waals surface area (Å²) in [4.78, 5) is 15.5. The van der Waals surface area contributed by atoms with Crippen LogP contribution in [-0.4, -0.2) is 31.4 Å². The van der Waals surface area contributed by atoms with Crippen molar-refractivity contribution >= 4 is 17.2 Å². The third-order valence-corrected chi connectivity index (χ3v) is 4.24. The number of nitrogens with zero attached hydrogens (tertiary/aromatic N) is 1. The average molecular weight is 288 g/mol. The fraction of sp³-hybridized carbons (Fsp3) is 0.312. The van der Waals surface area contributed by atoms with Gasteiger partial charge in [-0.3, -0.25) is 4.79 Å². The Balaban J connectivity index is 1.99. The highest BCUT2D eigenvalue weighted by Crippen LogP contribution is 2.22. The molecule has 1 N–H and O–H groups in total. The second kappa shape index (κ2) is 6.68. The predicted octanol–water partition coefficient (Wildman–Crippen LogP) is 3.09. The van der Waals surface area contributed by atoms with Crippen LogP contribution in [0, 0.1) is 6.92 Å². The first-order valence-electron chi connectivity index (χ1n) is 6.62. The van der Waals surface area contributed by atoms with Gasteiger partial charge in [-0.2, -0.15) is 0 Å². The number of aryl methyl sites for hydroxylation is 1. The molecular formula is C16H20N2OS. The fourth-order valence-corrected chi connectivity index (χ4v) is 2.94. The van der Waals surface area contributed by atoms with Crippen molar-refractivity contribution in [2.75, 3.05) is 20.6 Å². The lowest BCUT2D eigenvalue weighted by Crippen LogP contribution is -2.34. The highest BCUT2D eigenvalue weighted by atomic mass is 32.1. The average Bonchev–Trinajstić information content (AvgIpc) is 2.93. The van der Waals surface area contributed by atoms with E-state index in [0.717, 1.165) is 5.56 Å². The zero-order valence-corrected chi connectivity index (χ0v) is 12.9. The van der Waals surface area contributed by atoms with E-state index in [0.29, 0.717) is 12.1 Å². The highest BCUT2D eigenvalue weighted by molar-refractivity contribution is 7.10. The van der Waals surface area contributed by atoms with E-state index in [1.807, 2.05) is 51.4 Å². The molecule has 2 rings (SSSR count). The van der Waals surface area contributed by atoms with Crippen LogP contribution >= 0.6 is 11.3 Å². The zero-order valence-electron chi connectivity index (χ0n) is 12.1. The summed E-state index contributed by atoms with van der Waals surface area (Å²) in [6.07, 6.45) is 0. The van der Waals surface area contributed by atoms with Gasteiger partial charge in [0.1, 0.15) is 0 Å². The van der Waals surface area contributed by atoms with Gasteiger partial charge in [0.25, 0.3) is 5.91 Å². The summed E-state index contributed by atoms with van der Waals surface area (Å²) >= 11 is 1.72. The normalized spacial score (nSPS) is 12.4. The van der Waals surface area contributed by atoms with E-state index in [-0.39, 0.29) is 11.9 Å².